The van der Waals surface area contributed by atoms with Crippen LogP contribution in [0.2, 0.25) is 0 Å². The summed E-state index contributed by atoms with van der Waals surface area (Å²) in [5, 5.41) is 14.9. The Bertz CT molecular complexity index is 766. The minimum Gasteiger partial charge on any atom is -0.319 e. The van der Waals surface area contributed by atoms with E-state index >= 15 is 0 Å². The van der Waals surface area contributed by atoms with E-state index in [0.29, 0.717) is 11.2 Å². The van der Waals surface area contributed by atoms with Gasteiger partial charge in [-0.3, -0.25) is 4.90 Å². The summed E-state index contributed by atoms with van der Waals surface area (Å²) >= 11 is 1.50. The average molecular weight is 386 g/mol. The standard InChI is InChI=1S/C20H29N6S/c1-16-15-18(3-4-19(16)23-24-20-22-6-14-27-20)17(2)21-5-10-26-11-7-25(8-12-26)9-13-26/h3-4,6,14-15,17,21H,5,7-13H2,1-2H3/q+1. The number of thiazole rings is 1. The highest BCUT2D eigenvalue weighted by atomic mass is 32.1. The Balaban J connectivity index is 1.32. The van der Waals surface area contributed by atoms with Gasteiger partial charge in [0.15, 0.2) is 0 Å². The van der Waals surface area contributed by atoms with Gasteiger partial charge in [-0.25, -0.2) is 4.98 Å². The molecule has 3 saturated heterocycles. The third-order valence-electron chi connectivity index (χ3n) is 6.09. The van der Waals surface area contributed by atoms with Gasteiger partial charge in [0, 0.05) is 43.8 Å². The Morgan fingerprint density at radius 3 is 2.67 bits per heavy atom. The second kappa shape index (κ2) is 8.14. The first-order chi connectivity index (χ1) is 13.1. The molecule has 1 N–H and O–H groups in total. The minimum absolute atomic E-state index is 0.345. The van der Waals surface area contributed by atoms with Gasteiger partial charge in [-0.2, -0.15) is 0 Å². The highest BCUT2D eigenvalue weighted by molar-refractivity contribution is 7.13. The number of nitrogens with one attached hydrogen (secondary N) is 1. The number of hydrogen-bond acceptors (Lipinski definition) is 6. The van der Waals surface area contributed by atoms with E-state index in [1.54, 1.807) is 6.20 Å². The van der Waals surface area contributed by atoms with Crippen molar-refractivity contribution < 1.29 is 4.48 Å². The number of piperazine rings is 3. The van der Waals surface area contributed by atoms with Gasteiger partial charge in [-0.05, 0) is 31.0 Å². The number of hydrogen-bond donors (Lipinski definition) is 1. The molecule has 144 valence electrons. The van der Waals surface area contributed by atoms with Gasteiger partial charge in [-0.1, -0.05) is 12.1 Å². The molecule has 6 nitrogen and oxygen atoms in total. The smallest absolute Gasteiger partial charge is 0.229 e. The largest absolute Gasteiger partial charge is 0.319 e. The lowest BCUT2D eigenvalue weighted by molar-refractivity contribution is -0.939. The van der Waals surface area contributed by atoms with Crippen molar-refractivity contribution in [2.24, 2.45) is 10.2 Å². The van der Waals surface area contributed by atoms with Crippen LogP contribution in [0.4, 0.5) is 10.8 Å². The first-order valence-corrected chi connectivity index (χ1v) is 10.7. The molecular weight excluding hydrogens is 356 g/mol. The van der Waals surface area contributed by atoms with Crippen molar-refractivity contribution in [2.45, 2.75) is 19.9 Å². The van der Waals surface area contributed by atoms with E-state index in [9.17, 15) is 0 Å². The van der Waals surface area contributed by atoms with Crippen LogP contribution in [0.25, 0.3) is 0 Å². The fourth-order valence-corrected chi connectivity index (χ4v) is 4.58. The van der Waals surface area contributed by atoms with Crippen molar-refractivity contribution >= 4 is 22.2 Å². The van der Waals surface area contributed by atoms with Crippen LogP contribution in [0.1, 0.15) is 24.1 Å². The van der Waals surface area contributed by atoms with Crippen LogP contribution in [0.5, 0.6) is 0 Å². The zero-order valence-electron chi connectivity index (χ0n) is 16.3. The summed E-state index contributed by atoms with van der Waals surface area (Å²) in [5.74, 6) is 0. The Morgan fingerprint density at radius 1 is 1.22 bits per heavy atom. The van der Waals surface area contributed by atoms with Crippen LogP contribution in [0, 0.1) is 6.92 Å². The second-order valence-corrected chi connectivity index (χ2v) is 8.69. The highest BCUT2D eigenvalue weighted by Gasteiger charge is 2.37. The molecule has 1 unspecified atom stereocenters. The number of azo groups is 1. The molecule has 0 amide bonds. The molecule has 1 aromatic carbocycles. The van der Waals surface area contributed by atoms with Crippen molar-refractivity contribution in [1.29, 1.82) is 0 Å². The molecule has 4 heterocycles. The summed E-state index contributed by atoms with van der Waals surface area (Å²) in [6, 6.07) is 6.79. The quantitative estimate of drug-likeness (QED) is 0.584. The van der Waals surface area contributed by atoms with Gasteiger partial charge in [0.05, 0.1) is 31.9 Å². The van der Waals surface area contributed by atoms with E-state index < -0.39 is 0 Å². The van der Waals surface area contributed by atoms with Crippen molar-refractivity contribution in [3.63, 3.8) is 0 Å². The number of aryl methyl sites for hydroxylation is 1. The lowest BCUT2D eigenvalue weighted by atomic mass is 10.0. The van der Waals surface area contributed by atoms with E-state index in [2.05, 4.69) is 57.5 Å². The predicted octanol–water partition coefficient (Wildman–Crippen LogP) is 3.66. The van der Waals surface area contributed by atoms with Gasteiger partial charge in [0.25, 0.3) is 0 Å². The van der Waals surface area contributed by atoms with Crippen LogP contribution < -0.4 is 5.32 Å². The second-order valence-electron chi connectivity index (χ2n) is 7.81. The summed E-state index contributed by atoms with van der Waals surface area (Å²) in [6.07, 6.45) is 1.75. The summed E-state index contributed by atoms with van der Waals surface area (Å²) < 4.78 is 1.31. The molecule has 7 heteroatoms. The molecule has 3 aliphatic rings. The van der Waals surface area contributed by atoms with E-state index in [1.807, 2.05) is 5.38 Å². The lowest BCUT2D eigenvalue weighted by Gasteiger charge is -2.50. The van der Waals surface area contributed by atoms with E-state index in [0.717, 1.165) is 17.8 Å². The van der Waals surface area contributed by atoms with Crippen molar-refractivity contribution in [1.82, 2.24) is 15.2 Å². The van der Waals surface area contributed by atoms with Crippen LogP contribution in [-0.4, -0.2) is 66.7 Å². The highest BCUT2D eigenvalue weighted by Crippen LogP contribution is 2.26. The predicted molar refractivity (Wildman–Crippen MR) is 110 cm³/mol. The minimum atomic E-state index is 0.345. The number of aromatic nitrogens is 1. The molecule has 0 radical (unpaired) electrons. The van der Waals surface area contributed by atoms with Crippen LogP contribution in [0.15, 0.2) is 40.0 Å². The molecule has 2 aromatic rings. The Morgan fingerprint density at radius 2 is 2.00 bits per heavy atom. The van der Waals surface area contributed by atoms with Gasteiger partial charge in [-0.15, -0.1) is 21.6 Å². The van der Waals surface area contributed by atoms with Crippen LogP contribution in [-0.2, 0) is 0 Å². The SMILES string of the molecule is Cc1cc(C(C)NCC[N+]23CCN(CC2)CC3)ccc1N=Nc1nccs1. The molecule has 27 heavy (non-hydrogen) atoms. The van der Waals surface area contributed by atoms with Gasteiger partial charge < -0.3 is 9.80 Å². The summed E-state index contributed by atoms with van der Waals surface area (Å²) in [6.45, 7) is 14.5. The Hall–Kier alpha value is -1.67. The molecule has 3 aliphatic heterocycles. The first-order valence-electron chi connectivity index (χ1n) is 9.86. The summed E-state index contributed by atoms with van der Waals surface area (Å²) in [7, 11) is 0. The van der Waals surface area contributed by atoms with Crippen molar-refractivity contribution in [3.8, 4) is 0 Å². The molecule has 1 atom stereocenters. The van der Waals surface area contributed by atoms with Gasteiger partial charge in [0.1, 0.15) is 0 Å². The molecule has 2 bridgehead atoms. The van der Waals surface area contributed by atoms with E-state index in [4.69, 9.17) is 0 Å². The zero-order valence-corrected chi connectivity index (χ0v) is 17.1. The molecular formula is C20H29N6S+. The van der Waals surface area contributed by atoms with E-state index in [-0.39, 0.29) is 0 Å². The molecule has 0 aliphatic carbocycles. The molecule has 0 saturated carbocycles. The topological polar surface area (TPSA) is 52.9 Å². The molecule has 3 fully saturated rings. The third-order valence-corrected chi connectivity index (χ3v) is 6.75. The normalized spacial score (nSPS) is 25.9. The molecule has 0 spiro atoms. The maximum absolute atomic E-state index is 4.34. The third kappa shape index (κ3) is 4.43. The fraction of sp³-hybridized carbons (Fsp3) is 0.550. The van der Waals surface area contributed by atoms with Gasteiger partial charge in [0.2, 0.25) is 5.13 Å². The number of fused-ring (bicyclic) bond motifs is 3. The first kappa shape index (κ1) is 18.7. The van der Waals surface area contributed by atoms with Crippen LogP contribution >= 0.6 is 11.3 Å². The number of nitrogens with zero attached hydrogens (tertiary/aromatic N) is 5. The Labute approximate surface area is 165 Å². The van der Waals surface area contributed by atoms with Gasteiger partial charge >= 0.3 is 0 Å². The average Bonchev–Trinajstić information content (AvgIpc) is 3.22. The summed E-state index contributed by atoms with van der Waals surface area (Å²) in [4.78, 5) is 6.74. The summed E-state index contributed by atoms with van der Waals surface area (Å²) in [5.41, 5.74) is 3.37. The zero-order chi connectivity index (χ0) is 18.7. The molecule has 5 rings (SSSR count). The van der Waals surface area contributed by atoms with Crippen LogP contribution in [0.3, 0.4) is 0 Å². The maximum atomic E-state index is 4.34. The van der Waals surface area contributed by atoms with E-state index in [1.165, 1.54) is 67.2 Å². The number of quaternary nitrogens is 1. The number of benzene rings is 1. The monoisotopic (exact) mass is 385 g/mol. The van der Waals surface area contributed by atoms with Crippen molar-refractivity contribution in [3.05, 3.63) is 40.9 Å². The Kier molecular flexibility index (Phi) is 5.63. The maximum Gasteiger partial charge on any atom is 0.229 e. The molecule has 1 aromatic heterocycles. The van der Waals surface area contributed by atoms with Crippen molar-refractivity contribution in [2.75, 3.05) is 52.4 Å². The lowest BCUT2D eigenvalue weighted by Crippen LogP contribution is -2.68. The fourth-order valence-electron chi connectivity index (χ4n) is 4.13. The number of rotatable bonds is 7.